The van der Waals surface area contributed by atoms with Crippen molar-refractivity contribution in [2.45, 2.75) is 58.1 Å². The van der Waals surface area contributed by atoms with E-state index in [1.807, 2.05) is 54.1 Å². The predicted molar refractivity (Wildman–Crippen MR) is 142 cm³/mol. The third-order valence-electron chi connectivity index (χ3n) is 6.95. The fraction of sp³-hybridized carbons (Fsp3) is 0.333. The topological polar surface area (TPSA) is 77.3 Å². The van der Waals surface area contributed by atoms with Gasteiger partial charge in [-0.2, -0.15) is 5.10 Å². The van der Waals surface area contributed by atoms with Crippen LogP contribution in [0.5, 0.6) is 0 Å². The van der Waals surface area contributed by atoms with Crippen LogP contribution in [0.4, 0.5) is 4.79 Å². The molecule has 0 N–H and O–H groups in total. The number of hydrogen-bond donors (Lipinski definition) is 0. The van der Waals surface area contributed by atoms with Crippen molar-refractivity contribution in [2.24, 2.45) is 0 Å². The van der Waals surface area contributed by atoms with Gasteiger partial charge in [0.05, 0.1) is 23.2 Å². The van der Waals surface area contributed by atoms with Crippen LogP contribution in [0.1, 0.15) is 49.6 Å². The van der Waals surface area contributed by atoms with Gasteiger partial charge in [-0.05, 0) is 75.4 Å². The van der Waals surface area contributed by atoms with Crippen molar-refractivity contribution >= 4 is 22.9 Å². The number of benzene rings is 2. The molecule has 0 bridgehead atoms. The summed E-state index contributed by atoms with van der Waals surface area (Å²) in [5, 5.41) is 5.85. The van der Waals surface area contributed by atoms with Crippen molar-refractivity contribution in [1.82, 2.24) is 19.7 Å². The van der Waals surface area contributed by atoms with Gasteiger partial charge in [-0.3, -0.25) is 14.5 Å². The van der Waals surface area contributed by atoms with E-state index in [1.165, 1.54) is 4.90 Å². The first-order valence-corrected chi connectivity index (χ1v) is 12.6. The molecule has 0 saturated carbocycles. The number of fused-ring (bicyclic) bond motifs is 1. The number of hydrogen-bond acceptors (Lipinski definition) is 5. The number of rotatable bonds is 5. The zero-order valence-corrected chi connectivity index (χ0v) is 21.8. The molecule has 1 aliphatic rings. The Morgan fingerprint density at radius 3 is 2.46 bits per heavy atom. The molecule has 7 heteroatoms. The number of aromatic nitrogens is 3. The van der Waals surface area contributed by atoms with Crippen LogP contribution in [-0.4, -0.2) is 43.8 Å². The molecule has 3 heterocycles. The Morgan fingerprint density at radius 1 is 1.03 bits per heavy atom. The van der Waals surface area contributed by atoms with Crippen molar-refractivity contribution in [1.29, 1.82) is 0 Å². The monoisotopic (exact) mass is 496 g/mol. The van der Waals surface area contributed by atoms with Crippen molar-refractivity contribution in [3.05, 3.63) is 95.4 Å². The van der Waals surface area contributed by atoms with Gasteiger partial charge in [0.2, 0.25) is 5.91 Å². The molecular formula is C30H32N4O3. The molecular weight excluding hydrogens is 464 g/mol. The first-order valence-electron chi connectivity index (χ1n) is 12.6. The minimum atomic E-state index is -0.901. The number of pyridine rings is 1. The van der Waals surface area contributed by atoms with E-state index in [4.69, 9.17) is 9.84 Å². The lowest BCUT2D eigenvalue weighted by molar-refractivity contribution is -0.131. The SMILES string of the molecule is Cc1nn(Cc2ccccc2)c2cc(C3(Cc4ccncc4)CCN(C(=O)OC(C)(C)C)C3=O)ccc12. The molecule has 1 atom stereocenters. The fourth-order valence-corrected chi connectivity index (χ4v) is 5.16. The summed E-state index contributed by atoms with van der Waals surface area (Å²) in [5.41, 5.74) is 3.34. The van der Waals surface area contributed by atoms with Crippen molar-refractivity contribution in [3.8, 4) is 0 Å². The van der Waals surface area contributed by atoms with E-state index in [1.54, 1.807) is 33.2 Å². The van der Waals surface area contributed by atoms with E-state index in [0.29, 0.717) is 25.9 Å². The number of imide groups is 1. The fourth-order valence-electron chi connectivity index (χ4n) is 5.16. The van der Waals surface area contributed by atoms with Crippen LogP contribution in [0, 0.1) is 6.92 Å². The van der Waals surface area contributed by atoms with E-state index in [9.17, 15) is 9.59 Å². The highest BCUT2D eigenvalue weighted by Crippen LogP contribution is 2.41. The largest absolute Gasteiger partial charge is 0.443 e. The van der Waals surface area contributed by atoms with Crippen LogP contribution in [0.2, 0.25) is 0 Å². The lowest BCUT2D eigenvalue weighted by atomic mass is 9.74. The van der Waals surface area contributed by atoms with Crippen LogP contribution in [0.25, 0.3) is 10.9 Å². The minimum Gasteiger partial charge on any atom is -0.443 e. The number of amides is 2. The second kappa shape index (κ2) is 9.47. The van der Waals surface area contributed by atoms with Crippen LogP contribution in [0.15, 0.2) is 73.1 Å². The summed E-state index contributed by atoms with van der Waals surface area (Å²) in [6.07, 6.45) is 3.83. The normalized spacial score (nSPS) is 17.9. The summed E-state index contributed by atoms with van der Waals surface area (Å²) >= 11 is 0. The summed E-state index contributed by atoms with van der Waals surface area (Å²) in [6, 6.07) is 20.2. The van der Waals surface area contributed by atoms with Gasteiger partial charge in [-0.15, -0.1) is 0 Å². The first-order chi connectivity index (χ1) is 17.7. The quantitative estimate of drug-likeness (QED) is 0.368. The number of likely N-dealkylation sites (tertiary alicyclic amines) is 1. The lowest BCUT2D eigenvalue weighted by Crippen LogP contribution is -2.44. The standard InChI is InChI=1S/C30H32N4O3/c1-21-25-11-10-24(18-26(25)34(32-21)20-23-8-6-5-7-9-23)30(19-22-12-15-31-16-13-22)14-17-33(27(30)35)28(36)37-29(2,3)4/h5-13,15-16,18H,14,17,19-20H2,1-4H3. The summed E-state index contributed by atoms with van der Waals surface area (Å²) < 4.78 is 7.57. The molecule has 4 aromatic rings. The van der Waals surface area contributed by atoms with Crippen molar-refractivity contribution in [2.75, 3.05) is 6.54 Å². The summed E-state index contributed by atoms with van der Waals surface area (Å²) in [5.74, 6) is -0.233. The Hall–Kier alpha value is -4.00. The molecule has 0 spiro atoms. The molecule has 1 unspecified atom stereocenters. The molecule has 2 aromatic heterocycles. The molecule has 37 heavy (non-hydrogen) atoms. The summed E-state index contributed by atoms with van der Waals surface area (Å²) in [7, 11) is 0. The molecule has 1 aliphatic heterocycles. The molecule has 1 saturated heterocycles. The Kier molecular flexibility index (Phi) is 6.31. The van der Waals surface area contributed by atoms with Crippen molar-refractivity contribution < 1.29 is 14.3 Å². The Labute approximate surface area is 217 Å². The Bertz CT molecular complexity index is 1440. The highest BCUT2D eigenvalue weighted by molar-refractivity contribution is 6.01. The maximum absolute atomic E-state index is 14.1. The number of carbonyl (C=O) groups excluding carboxylic acids is 2. The second-order valence-electron chi connectivity index (χ2n) is 10.8. The zero-order chi connectivity index (χ0) is 26.2. The van der Waals surface area contributed by atoms with Crippen LogP contribution in [0.3, 0.4) is 0 Å². The highest BCUT2D eigenvalue weighted by atomic mass is 16.6. The minimum absolute atomic E-state index is 0.233. The maximum atomic E-state index is 14.1. The van der Waals surface area contributed by atoms with Crippen LogP contribution in [-0.2, 0) is 27.9 Å². The third kappa shape index (κ3) is 4.86. The molecule has 0 aliphatic carbocycles. The smallest absolute Gasteiger partial charge is 0.417 e. The van der Waals surface area contributed by atoms with Gasteiger partial charge in [0, 0.05) is 24.3 Å². The molecule has 7 nitrogen and oxygen atoms in total. The number of carbonyl (C=O) groups is 2. The third-order valence-corrected chi connectivity index (χ3v) is 6.95. The van der Waals surface area contributed by atoms with Gasteiger partial charge in [-0.1, -0.05) is 42.5 Å². The molecule has 5 rings (SSSR count). The maximum Gasteiger partial charge on any atom is 0.417 e. The highest BCUT2D eigenvalue weighted by Gasteiger charge is 2.51. The van der Waals surface area contributed by atoms with Gasteiger partial charge in [0.15, 0.2) is 0 Å². The van der Waals surface area contributed by atoms with E-state index in [-0.39, 0.29) is 5.91 Å². The van der Waals surface area contributed by atoms with Crippen LogP contribution < -0.4 is 0 Å². The first kappa shape index (κ1) is 24.7. The zero-order valence-electron chi connectivity index (χ0n) is 21.8. The molecule has 190 valence electrons. The lowest BCUT2D eigenvalue weighted by Gasteiger charge is -2.29. The second-order valence-corrected chi connectivity index (χ2v) is 10.8. The van der Waals surface area contributed by atoms with E-state index < -0.39 is 17.1 Å². The summed E-state index contributed by atoms with van der Waals surface area (Å²) in [4.78, 5) is 32.4. The van der Waals surface area contributed by atoms with Crippen LogP contribution >= 0.6 is 0 Å². The number of aryl methyl sites for hydroxylation is 1. The molecule has 2 aromatic carbocycles. The van der Waals surface area contributed by atoms with Gasteiger partial charge in [0.25, 0.3) is 0 Å². The number of ether oxygens (including phenoxy) is 1. The van der Waals surface area contributed by atoms with E-state index in [0.717, 1.165) is 33.3 Å². The average Bonchev–Trinajstić information content (AvgIpc) is 3.36. The summed E-state index contributed by atoms with van der Waals surface area (Å²) in [6.45, 7) is 8.35. The van der Waals surface area contributed by atoms with Gasteiger partial charge in [-0.25, -0.2) is 9.69 Å². The Morgan fingerprint density at radius 2 is 1.76 bits per heavy atom. The van der Waals surface area contributed by atoms with E-state index >= 15 is 0 Å². The van der Waals surface area contributed by atoms with Crippen molar-refractivity contribution in [3.63, 3.8) is 0 Å². The molecule has 1 fully saturated rings. The average molecular weight is 497 g/mol. The molecule has 2 amide bonds. The number of nitrogens with zero attached hydrogens (tertiary/aromatic N) is 4. The van der Waals surface area contributed by atoms with Gasteiger partial charge >= 0.3 is 6.09 Å². The molecule has 0 radical (unpaired) electrons. The van der Waals surface area contributed by atoms with Gasteiger partial charge < -0.3 is 4.74 Å². The Balaban J connectivity index is 1.58. The van der Waals surface area contributed by atoms with E-state index in [2.05, 4.69) is 23.2 Å². The van der Waals surface area contributed by atoms with Gasteiger partial charge in [0.1, 0.15) is 5.60 Å². The predicted octanol–water partition coefficient (Wildman–Crippen LogP) is 5.44.